The fourth-order valence-electron chi connectivity index (χ4n) is 1.26. The van der Waals surface area contributed by atoms with Crippen LogP contribution in [0.1, 0.15) is 10.5 Å². The summed E-state index contributed by atoms with van der Waals surface area (Å²) in [5, 5.41) is 4.26. The van der Waals surface area contributed by atoms with E-state index in [0.29, 0.717) is 5.01 Å². The third-order valence-electron chi connectivity index (χ3n) is 2.06. The van der Waals surface area contributed by atoms with Crippen LogP contribution in [0.2, 0.25) is 0 Å². The van der Waals surface area contributed by atoms with Crippen LogP contribution in [-0.4, -0.2) is 28.8 Å². The van der Waals surface area contributed by atoms with Gasteiger partial charge in [-0.3, -0.25) is 9.78 Å². The minimum Gasteiger partial charge on any atom is -0.345 e. The minimum absolute atomic E-state index is 0.138. The summed E-state index contributed by atoms with van der Waals surface area (Å²) in [6, 6.07) is 3.57. The third-order valence-corrected chi connectivity index (χ3v) is 2.95. The van der Waals surface area contributed by atoms with Crippen molar-refractivity contribution < 1.29 is 13.6 Å². The lowest BCUT2D eigenvalue weighted by Gasteiger charge is -2.00. The summed E-state index contributed by atoms with van der Waals surface area (Å²) in [6.07, 6.45) is 0.693. The van der Waals surface area contributed by atoms with E-state index in [1.54, 1.807) is 18.5 Å². The fraction of sp³-hybridized carbons (Fsp3) is 0.182. The Hall–Kier alpha value is -1.89. The number of hydrogen-bond acceptors (Lipinski definition) is 4. The lowest BCUT2D eigenvalue weighted by atomic mass is 10.3. The molecular formula is C11H9F2N3OS. The Labute approximate surface area is 106 Å². The SMILES string of the molecule is O=C(NCC(F)F)c1csc(-c2cccnc2)n1. The van der Waals surface area contributed by atoms with Crippen LogP contribution in [0.3, 0.4) is 0 Å². The highest BCUT2D eigenvalue weighted by atomic mass is 32.1. The van der Waals surface area contributed by atoms with E-state index in [1.165, 1.54) is 16.7 Å². The molecule has 0 aromatic carbocycles. The molecule has 0 fully saturated rings. The number of aromatic nitrogens is 2. The van der Waals surface area contributed by atoms with Gasteiger partial charge in [0.25, 0.3) is 12.3 Å². The number of hydrogen-bond donors (Lipinski definition) is 1. The molecule has 7 heteroatoms. The molecule has 1 N–H and O–H groups in total. The molecule has 0 radical (unpaired) electrons. The van der Waals surface area contributed by atoms with Crippen LogP contribution < -0.4 is 5.32 Å². The van der Waals surface area contributed by atoms with Crippen molar-refractivity contribution in [3.8, 4) is 10.6 Å². The second-order valence-corrected chi connectivity index (χ2v) is 4.24. The Morgan fingerprint density at radius 2 is 2.33 bits per heavy atom. The molecule has 0 saturated carbocycles. The fourth-order valence-corrected chi connectivity index (χ4v) is 2.05. The van der Waals surface area contributed by atoms with E-state index in [1.807, 2.05) is 6.07 Å². The van der Waals surface area contributed by atoms with E-state index < -0.39 is 18.9 Å². The topological polar surface area (TPSA) is 54.9 Å². The van der Waals surface area contributed by atoms with Crippen LogP contribution in [-0.2, 0) is 0 Å². The van der Waals surface area contributed by atoms with E-state index in [4.69, 9.17) is 0 Å². The Bertz CT molecular complexity index is 530. The van der Waals surface area contributed by atoms with Gasteiger partial charge < -0.3 is 5.32 Å². The predicted octanol–water partition coefficient (Wildman–Crippen LogP) is 2.20. The quantitative estimate of drug-likeness (QED) is 0.925. The maximum Gasteiger partial charge on any atom is 0.270 e. The first kappa shape index (κ1) is 12.6. The lowest BCUT2D eigenvalue weighted by Crippen LogP contribution is -2.28. The van der Waals surface area contributed by atoms with Crippen molar-refractivity contribution in [3.63, 3.8) is 0 Å². The molecule has 1 amide bonds. The number of carbonyl (C=O) groups is 1. The molecule has 0 atom stereocenters. The van der Waals surface area contributed by atoms with Crippen LogP contribution in [0.25, 0.3) is 10.6 Å². The van der Waals surface area contributed by atoms with Crippen molar-refractivity contribution in [3.05, 3.63) is 35.6 Å². The summed E-state index contributed by atoms with van der Waals surface area (Å²) in [4.78, 5) is 19.5. The van der Waals surface area contributed by atoms with Crippen LogP contribution in [0.5, 0.6) is 0 Å². The maximum atomic E-state index is 11.9. The summed E-state index contributed by atoms with van der Waals surface area (Å²) in [6.45, 7) is -0.668. The zero-order chi connectivity index (χ0) is 13.0. The molecule has 18 heavy (non-hydrogen) atoms. The molecule has 0 spiro atoms. The highest BCUT2D eigenvalue weighted by Crippen LogP contribution is 2.22. The first-order valence-electron chi connectivity index (χ1n) is 5.09. The maximum absolute atomic E-state index is 11.9. The monoisotopic (exact) mass is 269 g/mol. The number of halogens is 2. The van der Waals surface area contributed by atoms with E-state index in [0.717, 1.165) is 5.56 Å². The van der Waals surface area contributed by atoms with Crippen LogP contribution in [0.4, 0.5) is 8.78 Å². The van der Waals surface area contributed by atoms with Gasteiger partial charge in [-0.05, 0) is 12.1 Å². The van der Waals surface area contributed by atoms with Gasteiger partial charge >= 0.3 is 0 Å². The van der Waals surface area contributed by atoms with Crippen LogP contribution in [0, 0.1) is 0 Å². The Morgan fingerprint density at radius 3 is 3.00 bits per heavy atom. The summed E-state index contributed by atoms with van der Waals surface area (Å²) in [5.41, 5.74) is 0.926. The summed E-state index contributed by atoms with van der Waals surface area (Å²) < 4.78 is 23.9. The predicted molar refractivity (Wildman–Crippen MR) is 63.7 cm³/mol. The molecule has 0 saturated heterocycles. The first-order chi connectivity index (χ1) is 8.66. The van der Waals surface area contributed by atoms with Crippen molar-refractivity contribution in [2.45, 2.75) is 6.43 Å². The Balaban J connectivity index is 2.09. The standard InChI is InChI=1S/C11H9F2N3OS/c12-9(13)5-15-10(17)8-6-18-11(16-8)7-2-1-3-14-4-7/h1-4,6,9H,5H2,(H,15,17). The molecule has 2 aromatic rings. The molecule has 0 unspecified atom stereocenters. The van der Waals surface area contributed by atoms with Crippen molar-refractivity contribution in [1.29, 1.82) is 0 Å². The average Bonchev–Trinajstić information content (AvgIpc) is 2.86. The van der Waals surface area contributed by atoms with Crippen molar-refractivity contribution in [1.82, 2.24) is 15.3 Å². The molecule has 2 rings (SSSR count). The number of nitrogens with zero attached hydrogens (tertiary/aromatic N) is 2. The second kappa shape index (κ2) is 5.63. The number of rotatable bonds is 4. The van der Waals surface area contributed by atoms with Gasteiger partial charge in [0.05, 0.1) is 6.54 Å². The van der Waals surface area contributed by atoms with Gasteiger partial charge in [0, 0.05) is 23.3 Å². The molecule has 2 heterocycles. The number of carbonyl (C=O) groups excluding carboxylic acids is 1. The Morgan fingerprint density at radius 1 is 1.50 bits per heavy atom. The zero-order valence-electron chi connectivity index (χ0n) is 9.14. The van der Waals surface area contributed by atoms with Gasteiger partial charge in [0.1, 0.15) is 10.7 Å². The van der Waals surface area contributed by atoms with Gasteiger partial charge in [0.2, 0.25) is 0 Å². The zero-order valence-corrected chi connectivity index (χ0v) is 9.95. The smallest absolute Gasteiger partial charge is 0.270 e. The van der Waals surface area contributed by atoms with Crippen LogP contribution in [0.15, 0.2) is 29.9 Å². The van der Waals surface area contributed by atoms with E-state index in [-0.39, 0.29) is 5.69 Å². The minimum atomic E-state index is -2.56. The summed E-state index contributed by atoms with van der Waals surface area (Å²) in [7, 11) is 0. The summed E-state index contributed by atoms with van der Waals surface area (Å²) in [5.74, 6) is -0.596. The molecule has 0 aliphatic heterocycles. The molecule has 4 nitrogen and oxygen atoms in total. The van der Waals surface area contributed by atoms with E-state index >= 15 is 0 Å². The average molecular weight is 269 g/mol. The molecule has 0 bridgehead atoms. The van der Waals surface area contributed by atoms with Gasteiger partial charge in [-0.1, -0.05) is 0 Å². The lowest BCUT2D eigenvalue weighted by molar-refractivity contribution is 0.0887. The molecule has 94 valence electrons. The van der Waals surface area contributed by atoms with Crippen molar-refractivity contribution >= 4 is 17.2 Å². The molecule has 0 aliphatic carbocycles. The van der Waals surface area contributed by atoms with Gasteiger partial charge in [-0.2, -0.15) is 0 Å². The van der Waals surface area contributed by atoms with Crippen LogP contribution >= 0.6 is 11.3 Å². The second-order valence-electron chi connectivity index (χ2n) is 3.38. The number of alkyl halides is 2. The van der Waals surface area contributed by atoms with Gasteiger partial charge in [-0.15, -0.1) is 11.3 Å². The van der Waals surface area contributed by atoms with Crippen molar-refractivity contribution in [2.24, 2.45) is 0 Å². The largest absolute Gasteiger partial charge is 0.345 e. The van der Waals surface area contributed by atoms with Crippen molar-refractivity contribution in [2.75, 3.05) is 6.54 Å². The number of nitrogens with one attached hydrogen (secondary N) is 1. The highest BCUT2D eigenvalue weighted by Gasteiger charge is 2.13. The Kier molecular flexibility index (Phi) is 3.93. The van der Waals surface area contributed by atoms with E-state index in [9.17, 15) is 13.6 Å². The number of thiazole rings is 1. The highest BCUT2D eigenvalue weighted by molar-refractivity contribution is 7.13. The van der Waals surface area contributed by atoms with Gasteiger partial charge in [-0.25, -0.2) is 13.8 Å². The van der Waals surface area contributed by atoms with E-state index in [2.05, 4.69) is 15.3 Å². The summed E-state index contributed by atoms with van der Waals surface area (Å²) >= 11 is 1.27. The number of amides is 1. The third kappa shape index (κ3) is 3.07. The first-order valence-corrected chi connectivity index (χ1v) is 5.97. The normalized spacial score (nSPS) is 10.6. The molecule has 0 aliphatic rings. The molecule has 2 aromatic heterocycles. The van der Waals surface area contributed by atoms with Gasteiger partial charge in [0.15, 0.2) is 0 Å². The number of pyridine rings is 1. The molecular weight excluding hydrogens is 260 g/mol.